The van der Waals surface area contributed by atoms with E-state index in [1.54, 1.807) is 35.2 Å². The van der Waals surface area contributed by atoms with Crippen LogP contribution in [0.1, 0.15) is 30.9 Å². The average Bonchev–Trinajstić information content (AvgIpc) is 3.06. The molecule has 0 aliphatic carbocycles. The monoisotopic (exact) mass is 388 g/mol. The smallest absolute Gasteiger partial charge is 0.265 e. The molecule has 0 bridgehead atoms. The highest BCUT2D eigenvalue weighted by molar-refractivity contribution is 7.92. The number of carbonyl (C=O) groups excluding carboxylic acids is 1. The van der Waals surface area contributed by atoms with E-state index in [2.05, 4.69) is 4.72 Å². The highest BCUT2D eigenvalue weighted by Crippen LogP contribution is 2.30. The lowest BCUT2D eigenvalue weighted by atomic mass is 10.1. The molecule has 1 amide bonds. The molecular weight excluding hydrogens is 364 g/mol. The molecular formula is C20H24N2O4S. The van der Waals surface area contributed by atoms with Crippen molar-refractivity contribution >= 4 is 27.3 Å². The van der Waals surface area contributed by atoms with Crippen molar-refractivity contribution in [2.75, 3.05) is 23.3 Å². The number of hydrogen-bond donors (Lipinski definition) is 1. The second kappa shape index (κ2) is 7.60. The third-order valence-electron chi connectivity index (χ3n) is 4.74. The summed E-state index contributed by atoms with van der Waals surface area (Å²) in [6, 6.07) is 10.4. The van der Waals surface area contributed by atoms with Crippen molar-refractivity contribution in [2.24, 2.45) is 0 Å². The zero-order chi connectivity index (χ0) is 19.6. The van der Waals surface area contributed by atoms with Crippen LogP contribution in [-0.4, -0.2) is 28.0 Å². The SMILES string of the molecule is CCc1ccc(OC)c(S(=O)(=O)Nc2ccc(N3CCCC3=O)c(C)c2)c1. The van der Waals surface area contributed by atoms with Crippen LogP contribution < -0.4 is 14.4 Å². The van der Waals surface area contributed by atoms with Crippen molar-refractivity contribution in [3.63, 3.8) is 0 Å². The predicted octanol–water partition coefficient (Wildman–Crippen LogP) is 3.49. The molecule has 1 saturated heterocycles. The van der Waals surface area contributed by atoms with Gasteiger partial charge in [-0.1, -0.05) is 13.0 Å². The van der Waals surface area contributed by atoms with Crippen LogP contribution in [0.3, 0.4) is 0 Å². The molecule has 1 N–H and O–H groups in total. The number of amides is 1. The molecule has 1 fully saturated rings. The van der Waals surface area contributed by atoms with E-state index in [-0.39, 0.29) is 10.8 Å². The average molecular weight is 388 g/mol. The van der Waals surface area contributed by atoms with E-state index in [0.29, 0.717) is 24.4 Å². The first kappa shape index (κ1) is 19.2. The van der Waals surface area contributed by atoms with Crippen LogP contribution in [0.5, 0.6) is 5.75 Å². The van der Waals surface area contributed by atoms with Gasteiger partial charge >= 0.3 is 0 Å². The molecule has 144 valence electrons. The zero-order valence-electron chi connectivity index (χ0n) is 15.8. The highest BCUT2D eigenvalue weighted by atomic mass is 32.2. The highest BCUT2D eigenvalue weighted by Gasteiger charge is 2.24. The molecule has 0 spiro atoms. The summed E-state index contributed by atoms with van der Waals surface area (Å²) in [4.78, 5) is 13.8. The van der Waals surface area contributed by atoms with Crippen LogP contribution >= 0.6 is 0 Å². The van der Waals surface area contributed by atoms with Crippen LogP contribution in [0.4, 0.5) is 11.4 Å². The number of hydrogen-bond acceptors (Lipinski definition) is 4. The van der Waals surface area contributed by atoms with Gasteiger partial charge in [0.25, 0.3) is 10.0 Å². The maximum absolute atomic E-state index is 12.9. The fraction of sp³-hybridized carbons (Fsp3) is 0.350. The van der Waals surface area contributed by atoms with Gasteiger partial charge in [-0.05, 0) is 61.2 Å². The fourth-order valence-corrected chi connectivity index (χ4v) is 4.56. The zero-order valence-corrected chi connectivity index (χ0v) is 16.6. The van der Waals surface area contributed by atoms with Crippen LogP contribution in [0.25, 0.3) is 0 Å². The lowest BCUT2D eigenvalue weighted by molar-refractivity contribution is -0.117. The van der Waals surface area contributed by atoms with Gasteiger partial charge in [0.2, 0.25) is 5.91 Å². The summed E-state index contributed by atoms with van der Waals surface area (Å²) < 4.78 is 33.6. The molecule has 1 aliphatic heterocycles. The molecule has 0 radical (unpaired) electrons. The van der Waals surface area contributed by atoms with Crippen molar-refractivity contribution in [3.8, 4) is 5.75 Å². The number of rotatable bonds is 6. The number of benzene rings is 2. The molecule has 0 unspecified atom stereocenters. The van der Waals surface area contributed by atoms with Gasteiger partial charge in [0.15, 0.2) is 0 Å². The van der Waals surface area contributed by atoms with E-state index in [1.165, 1.54) is 7.11 Å². The summed E-state index contributed by atoms with van der Waals surface area (Å²) in [6.45, 7) is 4.54. The Hall–Kier alpha value is -2.54. The molecule has 3 rings (SSSR count). The second-order valence-electron chi connectivity index (χ2n) is 6.59. The van der Waals surface area contributed by atoms with Crippen molar-refractivity contribution in [1.29, 1.82) is 0 Å². The Kier molecular flexibility index (Phi) is 5.41. The Bertz CT molecular complexity index is 970. The lowest BCUT2D eigenvalue weighted by Gasteiger charge is -2.19. The van der Waals surface area contributed by atoms with Crippen molar-refractivity contribution in [3.05, 3.63) is 47.5 Å². The van der Waals surface area contributed by atoms with Crippen LogP contribution in [0.2, 0.25) is 0 Å². The number of methoxy groups -OCH3 is 1. The second-order valence-corrected chi connectivity index (χ2v) is 8.25. The predicted molar refractivity (Wildman–Crippen MR) is 106 cm³/mol. The van der Waals surface area contributed by atoms with Gasteiger partial charge in [-0.2, -0.15) is 0 Å². The van der Waals surface area contributed by atoms with Crippen LogP contribution in [0.15, 0.2) is 41.3 Å². The minimum absolute atomic E-state index is 0.104. The van der Waals surface area contributed by atoms with Crippen molar-refractivity contribution < 1.29 is 17.9 Å². The largest absolute Gasteiger partial charge is 0.495 e. The van der Waals surface area contributed by atoms with Gasteiger partial charge in [0, 0.05) is 24.3 Å². The van der Waals surface area contributed by atoms with Crippen molar-refractivity contribution in [1.82, 2.24) is 0 Å². The third kappa shape index (κ3) is 3.93. The van der Waals surface area contributed by atoms with Gasteiger partial charge in [-0.15, -0.1) is 0 Å². The Morgan fingerprint density at radius 1 is 1.19 bits per heavy atom. The summed E-state index contributed by atoms with van der Waals surface area (Å²) in [5.41, 5.74) is 3.04. The molecule has 2 aromatic rings. The molecule has 0 aromatic heterocycles. The summed E-state index contributed by atoms with van der Waals surface area (Å²) in [5.74, 6) is 0.406. The molecule has 1 aliphatic rings. The number of anilines is 2. The number of nitrogens with zero attached hydrogens (tertiary/aromatic N) is 1. The van der Waals surface area contributed by atoms with E-state index in [4.69, 9.17) is 4.74 Å². The van der Waals surface area contributed by atoms with Gasteiger partial charge in [0.1, 0.15) is 10.6 Å². The number of aryl methyl sites for hydroxylation is 2. The first-order chi connectivity index (χ1) is 12.9. The van der Waals surface area contributed by atoms with E-state index in [9.17, 15) is 13.2 Å². The van der Waals surface area contributed by atoms with E-state index >= 15 is 0 Å². The fourth-order valence-electron chi connectivity index (χ4n) is 3.29. The molecule has 2 aromatic carbocycles. The summed E-state index contributed by atoms with van der Waals surface area (Å²) in [6.07, 6.45) is 2.13. The molecule has 6 nitrogen and oxygen atoms in total. The van der Waals surface area contributed by atoms with E-state index in [1.807, 2.05) is 19.9 Å². The van der Waals surface area contributed by atoms with Crippen LogP contribution in [0, 0.1) is 6.92 Å². The Morgan fingerprint density at radius 2 is 1.96 bits per heavy atom. The molecule has 27 heavy (non-hydrogen) atoms. The topological polar surface area (TPSA) is 75.7 Å². The molecule has 7 heteroatoms. The minimum Gasteiger partial charge on any atom is -0.495 e. The van der Waals surface area contributed by atoms with E-state index in [0.717, 1.165) is 29.7 Å². The summed E-state index contributed by atoms with van der Waals surface area (Å²) in [5, 5.41) is 0. The quantitative estimate of drug-likeness (QED) is 0.822. The van der Waals surface area contributed by atoms with Gasteiger partial charge in [-0.25, -0.2) is 8.42 Å². The van der Waals surface area contributed by atoms with E-state index < -0.39 is 10.0 Å². The molecule has 0 saturated carbocycles. The Morgan fingerprint density at radius 3 is 2.56 bits per heavy atom. The van der Waals surface area contributed by atoms with Gasteiger partial charge in [0.05, 0.1) is 7.11 Å². The van der Waals surface area contributed by atoms with Crippen molar-refractivity contribution in [2.45, 2.75) is 38.0 Å². The lowest BCUT2D eigenvalue weighted by Crippen LogP contribution is -2.24. The number of sulfonamides is 1. The van der Waals surface area contributed by atoms with Gasteiger partial charge < -0.3 is 9.64 Å². The Balaban J connectivity index is 1.90. The number of carbonyl (C=O) groups is 1. The number of nitrogens with one attached hydrogen (secondary N) is 1. The van der Waals surface area contributed by atoms with Crippen LogP contribution in [-0.2, 0) is 21.2 Å². The Labute approximate surface area is 160 Å². The summed E-state index contributed by atoms with van der Waals surface area (Å²) >= 11 is 0. The summed E-state index contributed by atoms with van der Waals surface area (Å²) in [7, 11) is -2.35. The first-order valence-electron chi connectivity index (χ1n) is 8.96. The molecule has 1 heterocycles. The maximum atomic E-state index is 12.9. The minimum atomic E-state index is -3.80. The van der Waals surface area contributed by atoms with Gasteiger partial charge in [-0.3, -0.25) is 9.52 Å². The third-order valence-corrected chi connectivity index (χ3v) is 6.14. The number of ether oxygens (including phenoxy) is 1. The normalized spacial score (nSPS) is 14.5. The standard InChI is InChI=1S/C20H24N2O4S/c1-4-15-7-10-18(26-3)19(13-15)27(24,25)21-16-8-9-17(14(2)12-16)22-11-5-6-20(22)23/h7-10,12-13,21H,4-6,11H2,1-3H3. The molecule has 0 atom stereocenters. The first-order valence-corrected chi connectivity index (χ1v) is 10.4. The maximum Gasteiger partial charge on any atom is 0.265 e.